The van der Waals surface area contributed by atoms with Gasteiger partial charge in [0.15, 0.2) is 6.10 Å². The van der Waals surface area contributed by atoms with Crippen LogP contribution in [0.15, 0.2) is 54.6 Å². The highest BCUT2D eigenvalue weighted by Gasteiger charge is 2.14. The third kappa shape index (κ3) is 3.81. The number of nitrogens with one attached hydrogen (secondary N) is 1. The maximum absolute atomic E-state index is 12.7. The number of para-hydroxylation sites is 1. The van der Waals surface area contributed by atoms with E-state index >= 15 is 0 Å². The average molecular weight is 259 g/mol. The Morgan fingerprint density at radius 3 is 2.37 bits per heavy atom. The minimum Gasteiger partial charge on any atom is -0.481 e. The van der Waals surface area contributed by atoms with E-state index in [0.717, 1.165) is 0 Å². The van der Waals surface area contributed by atoms with Gasteiger partial charge >= 0.3 is 0 Å². The van der Waals surface area contributed by atoms with E-state index in [4.69, 9.17) is 4.74 Å². The molecule has 0 aliphatic rings. The predicted molar refractivity (Wildman–Crippen MR) is 71.6 cm³/mol. The van der Waals surface area contributed by atoms with Gasteiger partial charge in [-0.15, -0.1) is 0 Å². The van der Waals surface area contributed by atoms with Gasteiger partial charge in [-0.2, -0.15) is 0 Å². The fraction of sp³-hybridized carbons (Fsp3) is 0.133. The molecule has 0 aromatic heterocycles. The molecule has 0 spiro atoms. The summed E-state index contributed by atoms with van der Waals surface area (Å²) in [7, 11) is 0. The Kier molecular flexibility index (Phi) is 4.13. The summed E-state index contributed by atoms with van der Waals surface area (Å²) in [6.07, 6.45) is -0.661. The second-order valence-corrected chi connectivity index (χ2v) is 4.07. The summed E-state index contributed by atoms with van der Waals surface area (Å²) in [4.78, 5) is 11.9. The Morgan fingerprint density at radius 1 is 1.11 bits per heavy atom. The number of benzene rings is 2. The van der Waals surface area contributed by atoms with Crippen molar-refractivity contribution >= 4 is 11.6 Å². The molecule has 0 saturated heterocycles. The number of amides is 1. The van der Waals surface area contributed by atoms with Gasteiger partial charge in [0, 0.05) is 5.69 Å². The fourth-order valence-corrected chi connectivity index (χ4v) is 1.54. The van der Waals surface area contributed by atoms with Gasteiger partial charge in [-0.05, 0) is 43.3 Å². The van der Waals surface area contributed by atoms with E-state index in [1.54, 1.807) is 19.1 Å². The van der Waals surface area contributed by atoms with Gasteiger partial charge in [-0.25, -0.2) is 4.39 Å². The molecule has 0 aliphatic carbocycles. The van der Waals surface area contributed by atoms with E-state index in [-0.39, 0.29) is 11.7 Å². The molecule has 0 bridgehead atoms. The second kappa shape index (κ2) is 6.00. The van der Waals surface area contributed by atoms with Crippen molar-refractivity contribution in [2.45, 2.75) is 13.0 Å². The Hall–Kier alpha value is -2.36. The van der Waals surface area contributed by atoms with Crippen molar-refractivity contribution in [2.24, 2.45) is 0 Å². The first-order chi connectivity index (χ1) is 9.15. The number of halogens is 1. The van der Waals surface area contributed by atoms with Crippen LogP contribution in [0.25, 0.3) is 0 Å². The lowest BCUT2D eigenvalue weighted by Gasteiger charge is -2.14. The molecule has 3 nitrogen and oxygen atoms in total. The summed E-state index contributed by atoms with van der Waals surface area (Å²) >= 11 is 0. The van der Waals surface area contributed by atoms with E-state index in [9.17, 15) is 9.18 Å². The zero-order valence-corrected chi connectivity index (χ0v) is 10.5. The van der Waals surface area contributed by atoms with Crippen molar-refractivity contribution in [1.82, 2.24) is 0 Å². The first-order valence-corrected chi connectivity index (χ1v) is 5.93. The van der Waals surface area contributed by atoms with Gasteiger partial charge in [0.1, 0.15) is 11.6 Å². The average Bonchev–Trinajstić information content (AvgIpc) is 2.42. The lowest BCUT2D eigenvalue weighted by Crippen LogP contribution is -2.30. The molecular formula is C15H14FNO2. The van der Waals surface area contributed by atoms with Crippen molar-refractivity contribution in [3.63, 3.8) is 0 Å². The molecule has 4 heteroatoms. The summed E-state index contributed by atoms with van der Waals surface area (Å²) in [6, 6.07) is 14.7. The molecule has 0 aliphatic heterocycles. The number of carbonyl (C=O) groups is 1. The highest BCUT2D eigenvalue weighted by Crippen LogP contribution is 2.14. The van der Waals surface area contributed by atoms with Crippen molar-refractivity contribution in [3.8, 4) is 5.75 Å². The molecule has 0 unspecified atom stereocenters. The maximum Gasteiger partial charge on any atom is 0.265 e. The van der Waals surface area contributed by atoms with Crippen LogP contribution in [-0.2, 0) is 4.79 Å². The van der Waals surface area contributed by atoms with Crippen LogP contribution in [-0.4, -0.2) is 12.0 Å². The van der Waals surface area contributed by atoms with Crippen molar-refractivity contribution in [2.75, 3.05) is 5.32 Å². The topological polar surface area (TPSA) is 38.3 Å². The molecule has 1 N–H and O–H groups in total. The van der Waals surface area contributed by atoms with E-state index < -0.39 is 6.10 Å². The third-order valence-corrected chi connectivity index (χ3v) is 2.54. The molecular weight excluding hydrogens is 245 g/mol. The molecule has 0 heterocycles. The minimum atomic E-state index is -0.661. The van der Waals surface area contributed by atoms with Crippen LogP contribution in [0.3, 0.4) is 0 Å². The number of anilines is 1. The maximum atomic E-state index is 12.7. The lowest BCUT2D eigenvalue weighted by molar-refractivity contribution is -0.122. The van der Waals surface area contributed by atoms with Gasteiger partial charge in [-0.1, -0.05) is 18.2 Å². The van der Waals surface area contributed by atoms with Crippen LogP contribution in [0, 0.1) is 5.82 Å². The Morgan fingerprint density at radius 2 is 1.74 bits per heavy atom. The summed E-state index contributed by atoms with van der Waals surface area (Å²) in [5.74, 6) is -0.138. The lowest BCUT2D eigenvalue weighted by atomic mass is 10.3. The Bertz CT molecular complexity index is 540. The second-order valence-electron chi connectivity index (χ2n) is 4.07. The summed E-state index contributed by atoms with van der Waals surface area (Å²) in [5.41, 5.74) is 0.710. The molecule has 0 saturated carbocycles. The van der Waals surface area contributed by atoms with E-state index in [0.29, 0.717) is 11.4 Å². The molecule has 19 heavy (non-hydrogen) atoms. The summed E-state index contributed by atoms with van der Waals surface area (Å²) in [6.45, 7) is 1.64. The summed E-state index contributed by atoms with van der Waals surface area (Å²) in [5, 5.41) is 2.74. The zero-order valence-electron chi connectivity index (χ0n) is 10.5. The van der Waals surface area contributed by atoms with Crippen LogP contribution < -0.4 is 10.1 Å². The first kappa shape index (κ1) is 13.1. The van der Waals surface area contributed by atoms with E-state index in [1.807, 2.05) is 18.2 Å². The number of ether oxygens (including phenoxy) is 1. The molecule has 0 fully saturated rings. The molecule has 1 atom stereocenters. The standard InChI is InChI=1S/C15H14FNO2/c1-11(19-14-9-7-12(16)8-10-14)15(18)17-13-5-3-2-4-6-13/h2-11H,1H3,(H,17,18)/t11-/m0/s1. The quantitative estimate of drug-likeness (QED) is 0.915. The van der Waals surface area contributed by atoms with Crippen LogP contribution >= 0.6 is 0 Å². The van der Waals surface area contributed by atoms with E-state index in [1.165, 1.54) is 24.3 Å². The predicted octanol–water partition coefficient (Wildman–Crippen LogP) is 3.23. The molecule has 0 radical (unpaired) electrons. The molecule has 2 aromatic rings. The fourth-order valence-electron chi connectivity index (χ4n) is 1.54. The normalized spacial score (nSPS) is 11.7. The van der Waals surface area contributed by atoms with Gasteiger partial charge < -0.3 is 10.1 Å². The van der Waals surface area contributed by atoms with Crippen LogP contribution in [0.4, 0.5) is 10.1 Å². The molecule has 1 amide bonds. The van der Waals surface area contributed by atoms with Gasteiger partial charge in [0.2, 0.25) is 0 Å². The van der Waals surface area contributed by atoms with Crippen molar-refractivity contribution in [1.29, 1.82) is 0 Å². The zero-order chi connectivity index (χ0) is 13.7. The SMILES string of the molecule is C[C@H](Oc1ccc(F)cc1)C(=O)Nc1ccccc1. The van der Waals surface area contributed by atoms with E-state index in [2.05, 4.69) is 5.32 Å². The Labute approximate surface area is 111 Å². The van der Waals surface area contributed by atoms with Crippen molar-refractivity contribution < 1.29 is 13.9 Å². The third-order valence-electron chi connectivity index (χ3n) is 2.54. The first-order valence-electron chi connectivity index (χ1n) is 5.93. The number of hydrogen-bond donors (Lipinski definition) is 1. The van der Waals surface area contributed by atoms with Crippen molar-refractivity contribution in [3.05, 3.63) is 60.4 Å². The largest absolute Gasteiger partial charge is 0.481 e. The molecule has 2 rings (SSSR count). The van der Waals surface area contributed by atoms with Crippen LogP contribution in [0.5, 0.6) is 5.75 Å². The van der Waals surface area contributed by atoms with Crippen LogP contribution in [0.2, 0.25) is 0 Å². The van der Waals surface area contributed by atoms with Gasteiger partial charge in [-0.3, -0.25) is 4.79 Å². The van der Waals surface area contributed by atoms with Gasteiger partial charge in [0.05, 0.1) is 0 Å². The molecule has 2 aromatic carbocycles. The smallest absolute Gasteiger partial charge is 0.265 e. The Balaban J connectivity index is 1.94. The minimum absolute atomic E-state index is 0.254. The van der Waals surface area contributed by atoms with Crippen LogP contribution in [0.1, 0.15) is 6.92 Å². The van der Waals surface area contributed by atoms with Gasteiger partial charge in [0.25, 0.3) is 5.91 Å². The molecule has 98 valence electrons. The highest BCUT2D eigenvalue weighted by atomic mass is 19.1. The monoisotopic (exact) mass is 259 g/mol. The highest BCUT2D eigenvalue weighted by molar-refractivity contribution is 5.94. The number of carbonyl (C=O) groups excluding carboxylic acids is 1. The summed E-state index contributed by atoms with van der Waals surface area (Å²) < 4.78 is 18.2. The number of rotatable bonds is 4. The number of hydrogen-bond acceptors (Lipinski definition) is 2.